The van der Waals surface area contributed by atoms with E-state index in [4.69, 9.17) is 0 Å². The highest BCUT2D eigenvalue weighted by atomic mass is 16.6. The summed E-state index contributed by atoms with van der Waals surface area (Å²) in [6.45, 7) is 2.64. The normalized spacial score (nSPS) is 12.0. The zero-order valence-corrected chi connectivity index (χ0v) is 12.2. The molecule has 0 spiro atoms. The van der Waals surface area contributed by atoms with E-state index in [1.54, 1.807) is 18.2 Å². The SMILES string of the molecule is CCCC(NCc1ccccc1[N+](=O)[O-])c1ccccc1. The minimum atomic E-state index is -0.325. The van der Waals surface area contributed by atoms with Gasteiger partial charge in [-0.15, -0.1) is 0 Å². The molecule has 4 heteroatoms. The lowest BCUT2D eigenvalue weighted by molar-refractivity contribution is -0.385. The van der Waals surface area contributed by atoms with Crippen molar-refractivity contribution in [2.45, 2.75) is 32.4 Å². The van der Waals surface area contributed by atoms with Crippen LogP contribution in [0.15, 0.2) is 54.6 Å². The van der Waals surface area contributed by atoms with Gasteiger partial charge in [-0.1, -0.05) is 61.9 Å². The van der Waals surface area contributed by atoms with E-state index in [0.29, 0.717) is 6.54 Å². The molecule has 21 heavy (non-hydrogen) atoms. The van der Waals surface area contributed by atoms with Crippen LogP contribution in [0.25, 0.3) is 0 Å². The van der Waals surface area contributed by atoms with E-state index in [1.165, 1.54) is 5.56 Å². The maximum atomic E-state index is 11.0. The molecule has 0 saturated carbocycles. The lowest BCUT2D eigenvalue weighted by Gasteiger charge is -2.18. The molecule has 1 unspecified atom stereocenters. The van der Waals surface area contributed by atoms with Crippen LogP contribution < -0.4 is 5.32 Å². The average molecular weight is 284 g/mol. The Morgan fingerprint density at radius 3 is 2.43 bits per heavy atom. The smallest absolute Gasteiger partial charge is 0.273 e. The predicted octanol–water partition coefficient (Wildman–Crippen LogP) is 4.23. The number of nitro benzene ring substituents is 1. The summed E-state index contributed by atoms with van der Waals surface area (Å²) in [6, 6.07) is 17.3. The van der Waals surface area contributed by atoms with Gasteiger partial charge in [-0.05, 0) is 12.0 Å². The summed E-state index contributed by atoms with van der Waals surface area (Å²) in [4.78, 5) is 10.7. The molecule has 0 fully saturated rings. The monoisotopic (exact) mass is 284 g/mol. The Morgan fingerprint density at radius 2 is 1.76 bits per heavy atom. The van der Waals surface area contributed by atoms with Gasteiger partial charge in [0.1, 0.15) is 0 Å². The summed E-state index contributed by atoms with van der Waals surface area (Å²) in [7, 11) is 0. The third-order valence-corrected chi connectivity index (χ3v) is 3.51. The van der Waals surface area contributed by atoms with Crippen LogP contribution in [0.5, 0.6) is 0 Å². The standard InChI is InChI=1S/C17H20N2O2/c1-2-8-16(14-9-4-3-5-10-14)18-13-15-11-6-7-12-17(15)19(20)21/h3-7,9-12,16,18H,2,8,13H2,1H3. The molecule has 0 aliphatic carbocycles. The van der Waals surface area contributed by atoms with E-state index in [1.807, 2.05) is 24.3 Å². The highest BCUT2D eigenvalue weighted by Crippen LogP contribution is 2.22. The zero-order valence-electron chi connectivity index (χ0n) is 12.2. The Balaban J connectivity index is 2.11. The van der Waals surface area contributed by atoms with E-state index in [2.05, 4.69) is 24.4 Å². The van der Waals surface area contributed by atoms with Crippen molar-refractivity contribution in [3.63, 3.8) is 0 Å². The Hall–Kier alpha value is -2.20. The minimum absolute atomic E-state index is 0.174. The fourth-order valence-electron chi connectivity index (χ4n) is 2.43. The number of hydrogen-bond acceptors (Lipinski definition) is 3. The molecule has 0 amide bonds. The summed E-state index contributed by atoms with van der Waals surface area (Å²) in [5.41, 5.74) is 2.12. The van der Waals surface area contributed by atoms with Crippen molar-refractivity contribution in [3.8, 4) is 0 Å². The van der Waals surface area contributed by atoms with Gasteiger partial charge in [0.2, 0.25) is 0 Å². The van der Waals surface area contributed by atoms with Crippen molar-refractivity contribution in [1.29, 1.82) is 0 Å². The second kappa shape index (κ2) is 7.55. The van der Waals surface area contributed by atoms with Gasteiger partial charge in [0.25, 0.3) is 5.69 Å². The maximum absolute atomic E-state index is 11.0. The second-order valence-electron chi connectivity index (χ2n) is 5.02. The van der Waals surface area contributed by atoms with Gasteiger partial charge in [0, 0.05) is 24.2 Å². The molecule has 0 bridgehead atoms. The highest BCUT2D eigenvalue weighted by Gasteiger charge is 2.15. The fourth-order valence-corrected chi connectivity index (χ4v) is 2.43. The van der Waals surface area contributed by atoms with Crippen molar-refractivity contribution in [2.75, 3.05) is 0 Å². The van der Waals surface area contributed by atoms with Gasteiger partial charge >= 0.3 is 0 Å². The molecule has 0 saturated heterocycles. The quantitative estimate of drug-likeness (QED) is 0.611. The van der Waals surface area contributed by atoms with Gasteiger partial charge < -0.3 is 5.32 Å². The Bertz CT molecular complexity index is 584. The van der Waals surface area contributed by atoms with Crippen molar-refractivity contribution < 1.29 is 4.92 Å². The summed E-state index contributed by atoms with van der Waals surface area (Å²) in [5, 5.41) is 14.5. The summed E-state index contributed by atoms with van der Waals surface area (Å²) in [6.07, 6.45) is 2.06. The zero-order chi connectivity index (χ0) is 15.1. The van der Waals surface area contributed by atoms with Gasteiger partial charge in [0.15, 0.2) is 0 Å². The van der Waals surface area contributed by atoms with E-state index in [9.17, 15) is 10.1 Å². The van der Waals surface area contributed by atoms with Gasteiger partial charge in [-0.25, -0.2) is 0 Å². The first-order valence-electron chi connectivity index (χ1n) is 7.23. The molecule has 2 aromatic carbocycles. The predicted molar refractivity (Wildman–Crippen MR) is 84.0 cm³/mol. The average Bonchev–Trinajstić information content (AvgIpc) is 2.52. The number of para-hydroxylation sites is 1. The van der Waals surface area contributed by atoms with E-state index >= 15 is 0 Å². The van der Waals surface area contributed by atoms with Crippen LogP contribution >= 0.6 is 0 Å². The number of nitro groups is 1. The first kappa shape index (κ1) is 15.2. The van der Waals surface area contributed by atoms with Crippen molar-refractivity contribution in [2.24, 2.45) is 0 Å². The summed E-state index contributed by atoms with van der Waals surface area (Å²) in [5.74, 6) is 0. The molecule has 0 aromatic heterocycles. The molecule has 0 heterocycles. The largest absolute Gasteiger partial charge is 0.306 e. The molecule has 1 N–H and O–H groups in total. The Kier molecular flexibility index (Phi) is 5.46. The molecule has 1 atom stereocenters. The fraction of sp³-hybridized carbons (Fsp3) is 0.294. The molecule has 4 nitrogen and oxygen atoms in total. The van der Waals surface area contributed by atoms with Crippen LogP contribution in [0.1, 0.15) is 36.9 Å². The molecule has 0 aliphatic heterocycles. The third-order valence-electron chi connectivity index (χ3n) is 3.51. The number of rotatable bonds is 7. The lowest BCUT2D eigenvalue weighted by atomic mass is 10.0. The molecule has 0 radical (unpaired) electrons. The van der Waals surface area contributed by atoms with Gasteiger partial charge in [0.05, 0.1) is 4.92 Å². The number of nitrogens with zero attached hydrogens (tertiary/aromatic N) is 1. The highest BCUT2D eigenvalue weighted by molar-refractivity contribution is 5.39. The van der Waals surface area contributed by atoms with Crippen LogP contribution in [0, 0.1) is 10.1 Å². The van der Waals surface area contributed by atoms with E-state index in [-0.39, 0.29) is 16.7 Å². The van der Waals surface area contributed by atoms with Crippen molar-refractivity contribution in [1.82, 2.24) is 5.32 Å². The van der Waals surface area contributed by atoms with Gasteiger partial charge in [-0.2, -0.15) is 0 Å². The van der Waals surface area contributed by atoms with Crippen LogP contribution in [0.4, 0.5) is 5.69 Å². The first-order chi connectivity index (χ1) is 10.2. The van der Waals surface area contributed by atoms with Crippen LogP contribution in [0.2, 0.25) is 0 Å². The molecular formula is C17H20N2O2. The van der Waals surface area contributed by atoms with E-state index < -0.39 is 0 Å². The molecule has 110 valence electrons. The maximum Gasteiger partial charge on any atom is 0.273 e. The van der Waals surface area contributed by atoms with Crippen LogP contribution in [-0.4, -0.2) is 4.92 Å². The van der Waals surface area contributed by atoms with Crippen LogP contribution in [0.3, 0.4) is 0 Å². The molecule has 2 rings (SSSR count). The first-order valence-corrected chi connectivity index (χ1v) is 7.23. The topological polar surface area (TPSA) is 55.2 Å². The third kappa shape index (κ3) is 4.13. The number of nitrogens with one attached hydrogen (secondary N) is 1. The Labute approximate surface area is 125 Å². The summed E-state index contributed by atoms with van der Waals surface area (Å²) < 4.78 is 0. The van der Waals surface area contributed by atoms with E-state index in [0.717, 1.165) is 18.4 Å². The van der Waals surface area contributed by atoms with Crippen molar-refractivity contribution >= 4 is 5.69 Å². The number of benzene rings is 2. The summed E-state index contributed by atoms with van der Waals surface area (Å²) >= 11 is 0. The number of hydrogen-bond donors (Lipinski definition) is 1. The van der Waals surface area contributed by atoms with Crippen molar-refractivity contribution in [3.05, 3.63) is 75.8 Å². The molecular weight excluding hydrogens is 264 g/mol. The minimum Gasteiger partial charge on any atom is -0.306 e. The lowest BCUT2D eigenvalue weighted by Crippen LogP contribution is -2.21. The Morgan fingerprint density at radius 1 is 1.10 bits per heavy atom. The second-order valence-corrected chi connectivity index (χ2v) is 5.02. The van der Waals surface area contributed by atoms with Crippen LogP contribution in [-0.2, 0) is 6.54 Å². The van der Waals surface area contributed by atoms with Gasteiger partial charge in [-0.3, -0.25) is 10.1 Å². The molecule has 0 aliphatic rings. The molecule has 2 aromatic rings.